The molecule has 0 bridgehead atoms. The number of hydrogen-bond acceptors (Lipinski definition) is 4. The van der Waals surface area contributed by atoms with Gasteiger partial charge in [0.15, 0.2) is 0 Å². The summed E-state index contributed by atoms with van der Waals surface area (Å²) in [5, 5.41) is 4.55. The highest BCUT2D eigenvalue weighted by atomic mass is 16.2. The molecule has 1 amide bonds. The van der Waals surface area contributed by atoms with Crippen molar-refractivity contribution >= 4 is 5.91 Å². The van der Waals surface area contributed by atoms with Gasteiger partial charge in [-0.05, 0) is 52.2 Å². The van der Waals surface area contributed by atoms with E-state index in [1.807, 2.05) is 30.4 Å². The van der Waals surface area contributed by atoms with Gasteiger partial charge >= 0.3 is 5.69 Å². The van der Waals surface area contributed by atoms with Crippen LogP contribution in [-0.2, 0) is 11.2 Å². The van der Waals surface area contributed by atoms with E-state index in [1.165, 1.54) is 0 Å². The number of aromatic amines is 1. The fraction of sp³-hybridized carbons (Fsp3) is 0.556. The van der Waals surface area contributed by atoms with Gasteiger partial charge in [0.1, 0.15) is 0 Å². The molecule has 7 nitrogen and oxygen atoms in total. The molecule has 25 heavy (non-hydrogen) atoms. The topological polar surface area (TPSA) is 83.9 Å². The number of carbonyl (C=O) groups is 1. The van der Waals surface area contributed by atoms with Crippen molar-refractivity contribution in [3.05, 3.63) is 44.9 Å². The van der Waals surface area contributed by atoms with Crippen LogP contribution >= 0.6 is 0 Å². The number of nitrogens with zero attached hydrogens (tertiary/aromatic N) is 4. The smallest absolute Gasteiger partial charge is 0.340 e. The largest absolute Gasteiger partial charge is 0.345 e. The Hall–Kier alpha value is -2.44. The van der Waals surface area contributed by atoms with E-state index in [4.69, 9.17) is 0 Å². The molecule has 0 unspecified atom stereocenters. The van der Waals surface area contributed by atoms with E-state index in [2.05, 4.69) is 28.1 Å². The van der Waals surface area contributed by atoms with Crippen molar-refractivity contribution < 1.29 is 4.79 Å². The van der Waals surface area contributed by atoms with E-state index in [-0.39, 0.29) is 17.6 Å². The average molecular weight is 343 g/mol. The van der Waals surface area contributed by atoms with Gasteiger partial charge in [-0.3, -0.25) is 9.48 Å². The molecule has 2 aromatic heterocycles. The van der Waals surface area contributed by atoms with Crippen LogP contribution in [0.1, 0.15) is 47.2 Å². The van der Waals surface area contributed by atoms with E-state index in [0.29, 0.717) is 25.1 Å². The second kappa shape index (κ2) is 6.82. The van der Waals surface area contributed by atoms with Gasteiger partial charge in [0, 0.05) is 36.6 Å². The van der Waals surface area contributed by atoms with Gasteiger partial charge in [0.05, 0.1) is 11.7 Å². The van der Waals surface area contributed by atoms with Crippen molar-refractivity contribution in [2.45, 2.75) is 53.0 Å². The maximum absolute atomic E-state index is 12.6. The first-order chi connectivity index (χ1) is 11.8. The number of aromatic nitrogens is 4. The van der Waals surface area contributed by atoms with Crippen LogP contribution < -0.4 is 5.69 Å². The number of aryl methyl sites for hydroxylation is 4. The van der Waals surface area contributed by atoms with Crippen LogP contribution in [0, 0.1) is 27.7 Å². The third-order valence-electron chi connectivity index (χ3n) is 4.95. The Morgan fingerprint density at radius 2 is 2.08 bits per heavy atom. The molecule has 1 N–H and O–H groups in total. The number of nitrogens with one attached hydrogen (secondary N) is 1. The van der Waals surface area contributed by atoms with Gasteiger partial charge in [-0.1, -0.05) is 0 Å². The SMILES string of the molecule is Cc1cc(C)n([C@@H]2CCN(C(=O)CCc3c(C)nc(=O)[nH]c3C)C2)n1. The van der Waals surface area contributed by atoms with E-state index in [9.17, 15) is 9.59 Å². The zero-order chi connectivity index (χ0) is 18.1. The molecule has 1 atom stereocenters. The lowest BCUT2D eigenvalue weighted by Crippen LogP contribution is -2.30. The van der Waals surface area contributed by atoms with Crippen LogP contribution in [0.15, 0.2) is 10.9 Å². The molecular formula is C18H25N5O2. The third kappa shape index (κ3) is 3.65. The van der Waals surface area contributed by atoms with Gasteiger partial charge in [-0.2, -0.15) is 10.1 Å². The summed E-state index contributed by atoms with van der Waals surface area (Å²) in [6.07, 6.45) is 1.96. The van der Waals surface area contributed by atoms with Crippen molar-refractivity contribution in [2.75, 3.05) is 13.1 Å². The first-order valence-electron chi connectivity index (χ1n) is 8.72. The fourth-order valence-electron chi connectivity index (χ4n) is 3.70. The maximum atomic E-state index is 12.6. The zero-order valence-electron chi connectivity index (χ0n) is 15.3. The lowest BCUT2D eigenvalue weighted by molar-refractivity contribution is -0.130. The minimum absolute atomic E-state index is 0.147. The molecule has 134 valence electrons. The minimum atomic E-state index is -0.336. The summed E-state index contributed by atoms with van der Waals surface area (Å²) in [5.74, 6) is 0.147. The van der Waals surface area contributed by atoms with Gasteiger partial charge < -0.3 is 9.88 Å². The molecule has 2 aromatic rings. The minimum Gasteiger partial charge on any atom is -0.340 e. The Bertz CT molecular complexity index is 825. The van der Waals surface area contributed by atoms with Crippen LogP contribution in [0.5, 0.6) is 0 Å². The monoisotopic (exact) mass is 343 g/mol. The highest BCUT2D eigenvalue weighted by molar-refractivity contribution is 5.76. The van der Waals surface area contributed by atoms with Crippen molar-refractivity contribution in [3.63, 3.8) is 0 Å². The lowest BCUT2D eigenvalue weighted by atomic mass is 10.1. The quantitative estimate of drug-likeness (QED) is 0.914. The molecule has 0 radical (unpaired) electrons. The highest BCUT2D eigenvalue weighted by Crippen LogP contribution is 2.24. The molecule has 7 heteroatoms. The Morgan fingerprint density at radius 3 is 2.72 bits per heavy atom. The molecule has 0 aliphatic carbocycles. The Kier molecular flexibility index (Phi) is 4.74. The van der Waals surface area contributed by atoms with Crippen molar-refractivity contribution in [2.24, 2.45) is 0 Å². The summed E-state index contributed by atoms with van der Waals surface area (Å²) in [6.45, 7) is 9.19. The summed E-state index contributed by atoms with van der Waals surface area (Å²) in [6, 6.07) is 2.33. The number of H-pyrrole nitrogens is 1. The van der Waals surface area contributed by atoms with Gasteiger partial charge in [-0.15, -0.1) is 0 Å². The van der Waals surface area contributed by atoms with Crippen LogP contribution in [0.3, 0.4) is 0 Å². The predicted molar refractivity (Wildman–Crippen MR) is 94.6 cm³/mol. The van der Waals surface area contributed by atoms with Crippen LogP contribution in [0.25, 0.3) is 0 Å². The molecule has 0 aromatic carbocycles. The first kappa shape index (κ1) is 17.4. The molecule has 1 aliphatic rings. The molecule has 0 spiro atoms. The fourth-order valence-corrected chi connectivity index (χ4v) is 3.70. The number of hydrogen-bond donors (Lipinski definition) is 1. The molecule has 0 saturated carbocycles. The zero-order valence-corrected chi connectivity index (χ0v) is 15.3. The third-order valence-corrected chi connectivity index (χ3v) is 4.95. The van der Waals surface area contributed by atoms with Crippen molar-refractivity contribution in [1.82, 2.24) is 24.6 Å². The Labute approximate surface area is 147 Å². The van der Waals surface area contributed by atoms with Gasteiger partial charge in [0.25, 0.3) is 0 Å². The summed E-state index contributed by atoms with van der Waals surface area (Å²) in [4.78, 5) is 32.5. The average Bonchev–Trinajstić information content (AvgIpc) is 3.12. The summed E-state index contributed by atoms with van der Waals surface area (Å²) in [7, 11) is 0. The Balaban J connectivity index is 1.62. The number of carbonyl (C=O) groups excluding carboxylic acids is 1. The molecular weight excluding hydrogens is 318 g/mol. The van der Waals surface area contributed by atoms with Crippen LogP contribution in [0.4, 0.5) is 0 Å². The highest BCUT2D eigenvalue weighted by Gasteiger charge is 2.28. The number of rotatable bonds is 4. The van der Waals surface area contributed by atoms with Crippen molar-refractivity contribution in [1.29, 1.82) is 0 Å². The number of amides is 1. The van der Waals surface area contributed by atoms with E-state index in [1.54, 1.807) is 0 Å². The molecule has 3 rings (SSSR count). The standard InChI is InChI=1S/C18H25N5O2/c1-11-9-12(2)23(21-11)15-7-8-22(10-15)17(24)6-5-16-13(3)19-18(25)20-14(16)4/h9,15H,5-8,10H2,1-4H3,(H,19,20,25)/t15-/m1/s1. The summed E-state index contributed by atoms with van der Waals surface area (Å²) in [5.41, 5.74) is 4.28. The van der Waals surface area contributed by atoms with E-state index < -0.39 is 0 Å². The van der Waals surface area contributed by atoms with Gasteiger partial charge in [-0.25, -0.2) is 4.79 Å². The molecule has 3 heterocycles. The van der Waals surface area contributed by atoms with E-state index in [0.717, 1.165) is 35.6 Å². The van der Waals surface area contributed by atoms with E-state index >= 15 is 0 Å². The molecule has 1 aliphatic heterocycles. The van der Waals surface area contributed by atoms with Crippen LogP contribution in [-0.4, -0.2) is 43.6 Å². The second-order valence-electron chi connectivity index (χ2n) is 6.88. The molecule has 1 fully saturated rings. The summed E-state index contributed by atoms with van der Waals surface area (Å²) < 4.78 is 2.04. The maximum Gasteiger partial charge on any atom is 0.345 e. The second-order valence-corrected chi connectivity index (χ2v) is 6.88. The van der Waals surface area contributed by atoms with Gasteiger partial charge in [0.2, 0.25) is 5.91 Å². The number of likely N-dealkylation sites (tertiary alicyclic amines) is 1. The van der Waals surface area contributed by atoms with Crippen molar-refractivity contribution in [3.8, 4) is 0 Å². The predicted octanol–water partition coefficient (Wildman–Crippen LogP) is 1.61. The van der Waals surface area contributed by atoms with Crippen LogP contribution in [0.2, 0.25) is 0 Å². The Morgan fingerprint density at radius 1 is 1.32 bits per heavy atom. The molecule has 1 saturated heterocycles. The lowest BCUT2D eigenvalue weighted by Gasteiger charge is -2.18. The summed E-state index contributed by atoms with van der Waals surface area (Å²) >= 11 is 0. The first-order valence-corrected chi connectivity index (χ1v) is 8.72. The normalized spacial score (nSPS) is 17.3.